The summed E-state index contributed by atoms with van der Waals surface area (Å²) in [6, 6.07) is 5.04. The fourth-order valence-corrected chi connectivity index (χ4v) is 4.14. The summed E-state index contributed by atoms with van der Waals surface area (Å²) in [6.45, 7) is 7.35. The monoisotopic (exact) mass is 312 g/mol. The van der Waals surface area contributed by atoms with Gasteiger partial charge in [-0.05, 0) is 63.4 Å². The van der Waals surface area contributed by atoms with Crippen LogP contribution in [-0.4, -0.2) is 38.5 Å². The zero-order valence-corrected chi connectivity index (χ0v) is 13.7. The van der Waals surface area contributed by atoms with E-state index in [2.05, 4.69) is 0 Å². The topological polar surface area (TPSA) is 72.6 Å². The van der Waals surface area contributed by atoms with E-state index in [0.717, 1.165) is 17.7 Å². The Morgan fingerprint density at radius 3 is 2.67 bits per heavy atom. The molecule has 6 heteroatoms. The van der Waals surface area contributed by atoms with Crippen molar-refractivity contribution >= 4 is 10.0 Å². The van der Waals surface area contributed by atoms with Gasteiger partial charge in [-0.25, -0.2) is 8.42 Å². The van der Waals surface area contributed by atoms with Gasteiger partial charge in [0.2, 0.25) is 10.0 Å². The van der Waals surface area contributed by atoms with Gasteiger partial charge in [0, 0.05) is 13.1 Å². The summed E-state index contributed by atoms with van der Waals surface area (Å²) in [5.41, 5.74) is 6.46. The number of nitrogens with zero attached hydrogens (tertiary/aromatic N) is 1. The zero-order chi connectivity index (χ0) is 15.6. The molecule has 1 aromatic rings. The summed E-state index contributed by atoms with van der Waals surface area (Å²) in [7, 11) is -3.43. The summed E-state index contributed by atoms with van der Waals surface area (Å²) in [5, 5.41) is 0. The lowest BCUT2D eigenvalue weighted by molar-refractivity contribution is 0.240. The zero-order valence-electron chi connectivity index (χ0n) is 12.9. The quantitative estimate of drug-likeness (QED) is 0.899. The van der Waals surface area contributed by atoms with E-state index in [1.54, 1.807) is 18.2 Å². The Bertz CT molecular complexity index is 599. The molecule has 0 radical (unpaired) electrons. The van der Waals surface area contributed by atoms with Crippen molar-refractivity contribution < 1.29 is 13.2 Å². The highest BCUT2D eigenvalue weighted by Gasteiger charge is 2.32. The molecule has 21 heavy (non-hydrogen) atoms. The van der Waals surface area contributed by atoms with Crippen molar-refractivity contribution in [2.24, 2.45) is 11.7 Å². The Balaban J connectivity index is 2.23. The second-order valence-corrected chi connectivity index (χ2v) is 7.79. The first-order valence-corrected chi connectivity index (χ1v) is 8.76. The van der Waals surface area contributed by atoms with Gasteiger partial charge in [0.25, 0.3) is 0 Å². The van der Waals surface area contributed by atoms with Crippen LogP contribution in [0.5, 0.6) is 5.75 Å². The maximum absolute atomic E-state index is 12.6. The molecule has 1 fully saturated rings. The summed E-state index contributed by atoms with van der Waals surface area (Å²) in [5.74, 6) is 0.995. The van der Waals surface area contributed by atoms with Crippen LogP contribution in [0.2, 0.25) is 0 Å². The molecule has 1 heterocycles. The van der Waals surface area contributed by atoms with Gasteiger partial charge in [-0.2, -0.15) is 4.31 Å². The van der Waals surface area contributed by atoms with E-state index in [-0.39, 0.29) is 12.0 Å². The molecule has 1 atom stereocenters. The van der Waals surface area contributed by atoms with E-state index in [9.17, 15) is 8.42 Å². The number of hydrogen-bond acceptors (Lipinski definition) is 4. The van der Waals surface area contributed by atoms with Crippen LogP contribution in [0, 0.1) is 12.8 Å². The molecule has 118 valence electrons. The van der Waals surface area contributed by atoms with Crippen molar-refractivity contribution in [1.29, 1.82) is 0 Å². The van der Waals surface area contributed by atoms with Crippen molar-refractivity contribution in [3.63, 3.8) is 0 Å². The highest BCUT2D eigenvalue weighted by Crippen LogP contribution is 2.27. The molecule has 0 aliphatic carbocycles. The fourth-order valence-electron chi connectivity index (χ4n) is 2.53. The van der Waals surface area contributed by atoms with Gasteiger partial charge in [0.1, 0.15) is 5.75 Å². The summed E-state index contributed by atoms with van der Waals surface area (Å²) in [6.07, 6.45) is 0.901. The minimum absolute atomic E-state index is 0.0649. The molecule has 0 amide bonds. The molecule has 0 spiro atoms. The maximum atomic E-state index is 12.6. The predicted molar refractivity (Wildman–Crippen MR) is 82.9 cm³/mol. The van der Waals surface area contributed by atoms with E-state index < -0.39 is 10.0 Å². The number of rotatable bonds is 5. The molecule has 2 N–H and O–H groups in total. The molecule has 1 aromatic carbocycles. The molecule has 2 rings (SSSR count). The third-order valence-corrected chi connectivity index (χ3v) is 5.59. The molecule has 5 nitrogen and oxygen atoms in total. The third kappa shape index (κ3) is 3.56. The molecule has 0 unspecified atom stereocenters. The fraction of sp³-hybridized carbons (Fsp3) is 0.600. The summed E-state index contributed by atoms with van der Waals surface area (Å²) >= 11 is 0. The van der Waals surface area contributed by atoms with Gasteiger partial charge in [0.05, 0.1) is 11.0 Å². The van der Waals surface area contributed by atoms with Gasteiger partial charge in [-0.3, -0.25) is 0 Å². The first-order valence-electron chi connectivity index (χ1n) is 7.32. The molecule has 1 aliphatic rings. The lowest BCUT2D eigenvalue weighted by atomic mass is 10.1. The normalized spacial score (nSPS) is 20.1. The minimum Gasteiger partial charge on any atom is -0.491 e. The highest BCUT2D eigenvalue weighted by molar-refractivity contribution is 7.89. The number of nitrogens with two attached hydrogens (primary N) is 1. The highest BCUT2D eigenvalue weighted by atomic mass is 32.2. The van der Waals surface area contributed by atoms with Crippen molar-refractivity contribution in [2.75, 3.05) is 19.6 Å². The van der Waals surface area contributed by atoms with E-state index >= 15 is 0 Å². The van der Waals surface area contributed by atoms with Gasteiger partial charge < -0.3 is 10.5 Å². The molecule has 0 aromatic heterocycles. The minimum atomic E-state index is -3.43. The molecule has 1 aliphatic heterocycles. The second kappa shape index (κ2) is 6.34. The van der Waals surface area contributed by atoms with Crippen molar-refractivity contribution in [3.05, 3.63) is 23.8 Å². The lowest BCUT2D eigenvalue weighted by Crippen LogP contribution is -2.30. The number of aryl methyl sites for hydroxylation is 1. The Hall–Kier alpha value is -1.11. The van der Waals surface area contributed by atoms with Crippen LogP contribution in [0.25, 0.3) is 0 Å². The maximum Gasteiger partial charge on any atom is 0.243 e. The van der Waals surface area contributed by atoms with Crippen LogP contribution in [0.1, 0.15) is 25.8 Å². The van der Waals surface area contributed by atoms with Crippen LogP contribution < -0.4 is 10.5 Å². The van der Waals surface area contributed by atoms with E-state index in [1.807, 2.05) is 20.8 Å². The van der Waals surface area contributed by atoms with E-state index in [1.165, 1.54) is 4.31 Å². The van der Waals surface area contributed by atoms with Crippen molar-refractivity contribution in [2.45, 2.75) is 38.2 Å². The van der Waals surface area contributed by atoms with Gasteiger partial charge in [0.15, 0.2) is 0 Å². The summed E-state index contributed by atoms with van der Waals surface area (Å²) < 4.78 is 32.4. The van der Waals surface area contributed by atoms with Crippen LogP contribution in [0.4, 0.5) is 0 Å². The molecule has 0 saturated carbocycles. The SMILES string of the molecule is Cc1cc(S(=O)(=O)N2CC[C@H](CN)C2)ccc1OC(C)C. The largest absolute Gasteiger partial charge is 0.491 e. The Morgan fingerprint density at radius 1 is 1.43 bits per heavy atom. The van der Waals surface area contributed by atoms with Crippen LogP contribution in [0.15, 0.2) is 23.1 Å². The first-order chi connectivity index (χ1) is 9.84. The number of benzene rings is 1. The molecular weight excluding hydrogens is 288 g/mol. The smallest absolute Gasteiger partial charge is 0.243 e. The van der Waals surface area contributed by atoms with E-state index in [0.29, 0.717) is 24.5 Å². The van der Waals surface area contributed by atoms with Crippen LogP contribution in [0.3, 0.4) is 0 Å². The number of ether oxygens (including phenoxy) is 1. The Kier molecular flexibility index (Phi) is 4.91. The molecule has 1 saturated heterocycles. The van der Waals surface area contributed by atoms with Crippen LogP contribution >= 0.6 is 0 Å². The average Bonchev–Trinajstić information content (AvgIpc) is 2.90. The number of hydrogen-bond donors (Lipinski definition) is 1. The predicted octanol–water partition coefficient (Wildman–Crippen LogP) is 1.75. The average molecular weight is 312 g/mol. The molecule has 0 bridgehead atoms. The molecular formula is C15H24N2O3S. The second-order valence-electron chi connectivity index (χ2n) is 5.85. The van der Waals surface area contributed by atoms with Crippen molar-refractivity contribution in [3.8, 4) is 5.75 Å². The Labute approximate surface area is 127 Å². The Morgan fingerprint density at radius 2 is 2.14 bits per heavy atom. The van der Waals surface area contributed by atoms with Crippen molar-refractivity contribution in [1.82, 2.24) is 4.31 Å². The number of sulfonamides is 1. The first kappa shape index (κ1) is 16.3. The van der Waals surface area contributed by atoms with E-state index in [4.69, 9.17) is 10.5 Å². The van der Waals surface area contributed by atoms with Gasteiger partial charge >= 0.3 is 0 Å². The van der Waals surface area contributed by atoms with Gasteiger partial charge in [-0.15, -0.1) is 0 Å². The lowest BCUT2D eigenvalue weighted by Gasteiger charge is -2.18. The van der Waals surface area contributed by atoms with Crippen LogP contribution in [-0.2, 0) is 10.0 Å². The standard InChI is InChI=1S/C15H24N2O3S/c1-11(2)20-15-5-4-14(8-12(15)3)21(18,19)17-7-6-13(9-16)10-17/h4-5,8,11,13H,6-7,9-10,16H2,1-3H3/t13-/m1/s1. The summed E-state index contributed by atoms with van der Waals surface area (Å²) in [4.78, 5) is 0.328. The third-order valence-electron chi connectivity index (χ3n) is 3.73. The van der Waals surface area contributed by atoms with Gasteiger partial charge in [-0.1, -0.05) is 0 Å².